The molecule has 0 radical (unpaired) electrons. The molecule has 1 aromatic heterocycles. The highest BCUT2D eigenvalue weighted by Gasteiger charge is 2.24. The van der Waals surface area contributed by atoms with E-state index in [0.29, 0.717) is 12.0 Å². The second-order valence-corrected chi connectivity index (χ2v) is 5.59. The van der Waals surface area contributed by atoms with E-state index in [0.717, 1.165) is 0 Å². The molecule has 2 rings (SSSR count). The Morgan fingerprint density at radius 3 is 2.74 bits per heavy atom. The zero-order valence-corrected chi connectivity index (χ0v) is 10.8. The van der Waals surface area contributed by atoms with E-state index in [1.54, 1.807) is 6.92 Å². The summed E-state index contributed by atoms with van der Waals surface area (Å²) in [5.74, 6) is -1.84. The zero-order valence-electron chi connectivity index (χ0n) is 10.0. The molecule has 0 aliphatic rings. The molecule has 1 atom stereocenters. The first-order valence-corrected chi connectivity index (χ1v) is 7.03. The molecular formula is C11H12N2O5S. The minimum absolute atomic E-state index is 0.0524. The van der Waals surface area contributed by atoms with E-state index >= 15 is 0 Å². The summed E-state index contributed by atoms with van der Waals surface area (Å²) in [5, 5.41) is 14.0. The third kappa shape index (κ3) is 2.59. The van der Waals surface area contributed by atoms with Gasteiger partial charge in [-0.15, -0.1) is 0 Å². The number of sulfonamides is 1. The van der Waals surface area contributed by atoms with Gasteiger partial charge in [0.1, 0.15) is 11.4 Å². The van der Waals surface area contributed by atoms with Gasteiger partial charge in [0.05, 0.1) is 4.90 Å². The van der Waals surface area contributed by atoms with Crippen LogP contribution in [0.5, 0.6) is 0 Å². The molecule has 7 nitrogen and oxygen atoms in total. The Hall–Kier alpha value is -1.93. The van der Waals surface area contributed by atoms with Gasteiger partial charge in [-0.2, -0.15) is 0 Å². The minimum atomic E-state index is -3.83. The lowest BCUT2D eigenvalue weighted by Crippen LogP contribution is -2.11. The van der Waals surface area contributed by atoms with E-state index in [9.17, 15) is 13.2 Å². The van der Waals surface area contributed by atoms with Crippen LogP contribution in [-0.2, 0) is 14.8 Å². The number of primary sulfonamides is 1. The van der Waals surface area contributed by atoms with Gasteiger partial charge in [0.25, 0.3) is 0 Å². The molecule has 0 saturated heterocycles. The second kappa shape index (κ2) is 4.63. The Balaban J connectivity index is 2.55. The molecule has 3 N–H and O–H groups in total. The number of hydrogen-bond donors (Lipinski definition) is 2. The van der Waals surface area contributed by atoms with Gasteiger partial charge < -0.3 is 9.52 Å². The van der Waals surface area contributed by atoms with E-state index in [1.165, 1.54) is 18.2 Å². The largest absolute Gasteiger partial charge is 0.481 e. The fourth-order valence-electron chi connectivity index (χ4n) is 1.71. The Kier molecular flexibility index (Phi) is 3.29. The summed E-state index contributed by atoms with van der Waals surface area (Å²) in [6.07, 6.45) is 0.324. The SMILES string of the molecule is CCC(C(=O)O)c1nc2cc(S(N)(=O)=O)ccc2o1. The number of carbonyl (C=O) groups is 1. The average Bonchev–Trinajstić information content (AvgIpc) is 2.70. The fourth-order valence-corrected chi connectivity index (χ4v) is 2.24. The number of oxazole rings is 1. The molecule has 0 aliphatic carbocycles. The van der Waals surface area contributed by atoms with Crippen LogP contribution in [0.2, 0.25) is 0 Å². The van der Waals surface area contributed by atoms with Crippen molar-refractivity contribution in [1.82, 2.24) is 4.98 Å². The summed E-state index contributed by atoms with van der Waals surface area (Å²) in [6.45, 7) is 1.70. The van der Waals surface area contributed by atoms with Crippen LogP contribution in [0.15, 0.2) is 27.5 Å². The first kappa shape index (κ1) is 13.5. The molecule has 2 aromatic rings. The maximum Gasteiger partial charge on any atom is 0.315 e. The quantitative estimate of drug-likeness (QED) is 0.864. The van der Waals surface area contributed by atoms with E-state index in [4.69, 9.17) is 14.7 Å². The molecule has 19 heavy (non-hydrogen) atoms. The molecule has 0 fully saturated rings. The Bertz CT molecular complexity index is 735. The normalized spacial score (nSPS) is 13.6. The van der Waals surface area contributed by atoms with Crippen LogP contribution in [0.4, 0.5) is 0 Å². The minimum Gasteiger partial charge on any atom is -0.481 e. The number of hydrogen-bond acceptors (Lipinski definition) is 5. The molecule has 0 amide bonds. The Labute approximate surface area is 109 Å². The monoisotopic (exact) mass is 284 g/mol. The van der Waals surface area contributed by atoms with E-state index in [-0.39, 0.29) is 16.3 Å². The topological polar surface area (TPSA) is 123 Å². The van der Waals surface area contributed by atoms with E-state index < -0.39 is 21.9 Å². The summed E-state index contributed by atoms with van der Waals surface area (Å²) < 4.78 is 27.7. The predicted octanol–water partition coefficient (Wildman–Crippen LogP) is 1.05. The van der Waals surface area contributed by atoms with E-state index in [2.05, 4.69) is 4.98 Å². The maximum atomic E-state index is 11.2. The molecular weight excluding hydrogens is 272 g/mol. The highest BCUT2D eigenvalue weighted by atomic mass is 32.2. The first-order valence-electron chi connectivity index (χ1n) is 5.49. The Morgan fingerprint density at radius 1 is 1.53 bits per heavy atom. The van der Waals surface area contributed by atoms with Gasteiger partial charge in [-0.1, -0.05) is 6.92 Å². The van der Waals surface area contributed by atoms with Crippen molar-refractivity contribution >= 4 is 27.1 Å². The highest BCUT2D eigenvalue weighted by molar-refractivity contribution is 7.89. The maximum absolute atomic E-state index is 11.2. The number of aliphatic carboxylic acids is 1. The molecule has 8 heteroatoms. The number of fused-ring (bicyclic) bond motifs is 1. The van der Waals surface area contributed by atoms with Crippen LogP contribution >= 0.6 is 0 Å². The first-order chi connectivity index (χ1) is 8.82. The van der Waals surface area contributed by atoms with Crippen molar-refractivity contribution in [2.24, 2.45) is 5.14 Å². The predicted molar refractivity (Wildman–Crippen MR) is 66.1 cm³/mol. The molecule has 0 saturated carbocycles. The van der Waals surface area contributed by atoms with Gasteiger partial charge in [0.2, 0.25) is 15.9 Å². The number of rotatable bonds is 4. The van der Waals surface area contributed by atoms with Gasteiger partial charge >= 0.3 is 5.97 Å². The summed E-state index contributed by atoms with van der Waals surface area (Å²) in [5.41, 5.74) is 0.586. The van der Waals surface area contributed by atoms with E-state index in [1.807, 2.05) is 0 Å². The zero-order chi connectivity index (χ0) is 14.2. The molecule has 102 valence electrons. The van der Waals surface area contributed by atoms with Crippen LogP contribution < -0.4 is 5.14 Å². The van der Waals surface area contributed by atoms with Gasteiger partial charge in [-0.05, 0) is 24.6 Å². The van der Waals surface area contributed by atoms with Crippen molar-refractivity contribution in [3.8, 4) is 0 Å². The fraction of sp³-hybridized carbons (Fsp3) is 0.273. The Morgan fingerprint density at radius 2 is 2.21 bits per heavy atom. The van der Waals surface area contributed by atoms with Crippen molar-refractivity contribution < 1.29 is 22.7 Å². The molecule has 0 spiro atoms. The standard InChI is InChI=1S/C11H12N2O5S/c1-2-7(11(14)15)10-13-8-5-6(19(12,16)17)3-4-9(8)18-10/h3-5,7H,2H2,1H3,(H,14,15)(H2,12,16,17). The lowest BCUT2D eigenvalue weighted by Gasteiger charge is -2.02. The number of carboxylic acids is 1. The van der Waals surface area contributed by atoms with Crippen LogP contribution in [-0.4, -0.2) is 24.5 Å². The smallest absolute Gasteiger partial charge is 0.315 e. The third-order valence-corrected chi connectivity index (χ3v) is 3.62. The van der Waals surface area contributed by atoms with Crippen molar-refractivity contribution in [2.75, 3.05) is 0 Å². The van der Waals surface area contributed by atoms with Crippen LogP contribution in [0.25, 0.3) is 11.1 Å². The number of aromatic nitrogens is 1. The molecule has 1 aromatic carbocycles. The van der Waals surface area contributed by atoms with Crippen molar-refractivity contribution in [3.63, 3.8) is 0 Å². The molecule has 1 unspecified atom stereocenters. The third-order valence-electron chi connectivity index (χ3n) is 2.71. The lowest BCUT2D eigenvalue weighted by molar-refractivity contribution is -0.139. The number of nitrogens with two attached hydrogens (primary N) is 1. The van der Waals surface area contributed by atoms with Crippen LogP contribution in [0.3, 0.4) is 0 Å². The van der Waals surface area contributed by atoms with Gasteiger partial charge in [0, 0.05) is 0 Å². The molecule has 0 bridgehead atoms. The summed E-state index contributed by atoms with van der Waals surface area (Å²) in [4.78, 5) is 14.9. The number of nitrogens with zero attached hydrogens (tertiary/aromatic N) is 1. The van der Waals surface area contributed by atoms with Gasteiger partial charge in [0.15, 0.2) is 5.58 Å². The van der Waals surface area contributed by atoms with Crippen LogP contribution in [0.1, 0.15) is 25.2 Å². The van der Waals surface area contributed by atoms with Gasteiger partial charge in [-0.25, -0.2) is 18.5 Å². The summed E-state index contributed by atoms with van der Waals surface area (Å²) in [7, 11) is -3.83. The van der Waals surface area contributed by atoms with Crippen molar-refractivity contribution in [1.29, 1.82) is 0 Å². The van der Waals surface area contributed by atoms with Gasteiger partial charge in [-0.3, -0.25) is 4.79 Å². The lowest BCUT2D eigenvalue weighted by atomic mass is 10.1. The number of carboxylic acid groups (broad SMARTS) is 1. The second-order valence-electron chi connectivity index (χ2n) is 4.03. The molecule has 1 heterocycles. The van der Waals surface area contributed by atoms with Crippen molar-refractivity contribution in [2.45, 2.75) is 24.2 Å². The summed E-state index contributed by atoms with van der Waals surface area (Å²) >= 11 is 0. The number of benzene rings is 1. The van der Waals surface area contributed by atoms with Crippen LogP contribution in [0, 0.1) is 0 Å². The van der Waals surface area contributed by atoms with Crippen molar-refractivity contribution in [3.05, 3.63) is 24.1 Å². The summed E-state index contributed by atoms with van der Waals surface area (Å²) in [6, 6.07) is 3.95. The highest BCUT2D eigenvalue weighted by Crippen LogP contribution is 2.25. The molecule has 0 aliphatic heterocycles. The average molecular weight is 284 g/mol.